The van der Waals surface area contributed by atoms with Gasteiger partial charge in [0.2, 0.25) is 0 Å². The van der Waals surface area contributed by atoms with Crippen LogP contribution in [0.1, 0.15) is 27.7 Å². The molecule has 0 aromatic carbocycles. The molecule has 0 aromatic heterocycles. The van der Waals surface area contributed by atoms with Gasteiger partial charge < -0.3 is 23.7 Å². The maximum atomic E-state index is 11.6. The first-order valence-electron chi connectivity index (χ1n) is 7.17. The van der Waals surface area contributed by atoms with Crippen LogP contribution in [0.5, 0.6) is 0 Å². The van der Waals surface area contributed by atoms with Gasteiger partial charge in [0.15, 0.2) is 17.9 Å². The monoisotopic (exact) mass is 338 g/mol. The summed E-state index contributed by atoms with van der Waals surface area (Å²) < 4.78 is 56.8. The van der Waals surface area contributed by atoms with Gasteiger partial charge in [0.1, 0.15) is 24.4 Å². The van der Waals surface area contributed by atoms with Gasteiger partial charge in [-0.2, -0.15) is 8.42 Å². The summed E-state index contributed by atoms with van der Waals surface area (Å²) in [4.78, 5) is 0. The molecule has 0 saturated carbocycles. The Kier molecular flexibility index (Phi) is 3.84. The zero-order valence-corrected chi connectivity index (χ0v) is 14.1. The molecule has 0 aliphatic carbocycles. The molecule has 22 heavy (non-hydrogen) atoms. The highest BCUT2D eigenvalue weighted by Gasteiger charge is 2.59. The van der Waals surface area contributed by atoms with Gasteiger partial charge in [0.25, 0.3) is 10.1 Å². The Morgan fingerprint density at radius 2 is 1.68 bits per heavy atom. The van der Waals surface area contributed by atoms with E-state index in [1.165, 1.54) is 0 Å². The van der Waals surface area contributed by atoms with Gasteiger partial charge >= 0.3 is 0 Å². The van der Waals surface area contributed by atoms with Gasteiger partial charge in [-0.15, -0.1) is 0 Å². The second-order valence-electron chi connectivity index (χ2n) is 6.70. The van der Waals surface area contributed by atoms with Gasteiger partial charge in [-0.05, 0) is 27.7 Å². The lowest BCUT2D eigenvalue weighted by Crippen LogP contribution is -2.45. The summed E-state index contributed by atoms with van der Waals surface area (Å²) in [6, 6.07) is 0. The smallest absolute Gasteiger partial charge is 0.264 e. The molecule has 3 aliphatic rings. The average Bonchev–Trinajstić information content (AvgIpc) is 2.89. The van der Waals surface area contributed by atoms with Crippen LogP contribution in [0, 0.1) is 0 Å². The van der Waals surface area contributed by atoms with Crippen molar-refractivity contribution in [1.82, 2.24) is 0 Å². The zero-order valence-electron chi connectivity index (χ0n) is 13.3. The highest BCUT2D eigenvalue weighted by Crippen LogP contribution is 2.42. The summed E-state index contributed by atoms with van der Waals surface area (Å²) in [7, 11) is -3.69. The van der Waals surface area contributed by atoms with Crippen LogP contribution in [0.3, 0.4) is 0 Å². The molecule has 3 aliphatic heterocycles. The van der Waals surface area contributed by atoms with Crippen molar-refractivity contribution in [2.75, 3.05) is 12.9 Å². The Balaban J connectivity index is 1.81. The quantitative estimate of drug-likeness (QED) is 0.682. The molecule has 3 heterocycles. The van der Waals surface area contributed by atoms with E-state index < -0.39 is 52.4 Å². The lowest BCUT2D eigenvalue weighted by Gasteiger charge is -2.28. The largest absolute Gasteiger partial charge is 0.348 e. The number of ether oxygens (including phenoxy) is 5. The Labute approximate surface area is 130 Å². The second-order valence-corrected chi connectivity index (χ2v) is 8.30. The van der Waals surface area contributed by atoms with E-state index in [-0.39, 0.29) is 6.61 Å². The van der Waals surface area contributed by atoms with Crippen molar-refractivity contribution < 1.29 is 36.3 Å². The first kappa shape index (κ1) is 16.6. The van der Waals surface area contributed by atoms with E-state index in [0.29, 0.717) is 0 Å². The molecule has 3 fully saturated rings. The van der Waals surface area contributed by atoms with Crippen molar-refractivity contribution in [3.05, 3.63) is 0 Å². The number of hydrogen-bond acceptors (Lipinski definition) is 8. The summed E-state index contributed by atoms with van der Waals surface area (Å²) in [5, 5.41) is 0. The number of fused-ring (bicyclic) bond motifs is 1. The Bertz CT molecular complexity index is 542. The Morgan fingerprint density at radius 3 is 2.23 bits per heavy atom. The summed E-state index contributed by atoms with van der Waals surface area (Å²) in [5.74, 6) is -1.60. The van der Waals surface area contributed by atoms with E-state index in [9.17, 15) is 8.42 Å². The van der Waals surface area contributed by atoms with Crippen molar-refractivity contribution in [1.29, 1.82) is 0 Å². The predicted molar refractivity (Wildman–Crippen MR) is 73.3 cm³/mol. The molecule has 0 spiro atoms. The third kappa shape index (κ3) is 3.30. The summed E-state index contributed by atoms with van der Waals surface area (Å²) in [5.41, 5.74) is 0. The van der Waals surface area contributed by atoms with Gasteiger partial charge in [-0.1, -0.05) is 0 Å². The third-order valence-electron chi connectivity index (χ3n) is 3.71. The number of rotatable bonds is 3. The van der Waals surface area contributed by atoms with Gasteiger partial charge in [0.05, 0.1) is 12.9 Å². The summed E-state index contributed by atoms with van der Waals surface area (Å²) in [6.07, 6.45) is -2.29. The lowest BCUT2D eigenvalue weighted by atomic mass is 10.1. The first-order chi connectivity index (χ1) is 9.96. The molecule has 0 radical (unpaired) electrons. The molecule has 0 aromatic rings. The minimum absolute atomic E-state index is 0.282. The standard InChI is InChI=1S/C13H22O8S/c1-12(2)16-6-7(18-12)8-9(21-22(5,14)15)10-11(17-8)20-13(3,4)19-10/h7-11H,6H2,1-5H3. The Morgan fingerprint density at radius 1 is 1.00 bits per heavy atom. The van der Waals surface area contributed by atoms with Crippen LogP contribution in [0.15, 0.2) is 0 Å². The molecule has 0 N–H and O–H groups in total. The molecule has 0 bridgehead atoms. The summed E-state index contributed by atoms with van der Waals surface area (Å²) in [6.45, 7) is 7.32. The van der Waals surface area contributed by atoms with E-state index >= 15 is 0 Å². The topological polar surface area (TPSA) is 89.5 Å². The fraction of sp³-hybridized carbons (Fsp3) is 1.00. The molecule has 128 valence electrons. The van der Waals surface area contributed by atoms with Crippen molar-refractivity contribution in [3.8, 4) is 0 Å². The fourth-order valence-electron chi connectivity index (χ4n) is 2.99. The lowest BCUT2D eigenvalue weighted by molar-refractivity contribution is -0.230. The van der Waals surface area contributed by atoms with E-state index in [1.807, 2.05) is 0 Å². The van der Waals surface area contributed by atoms with Gasteiger partial charge in [-0.3, -0.25) is 4.18 Å². The number of hydrogen-bond donors (Lipinski definition) is 0. The molecule has 5 unspecified atom stereocenters. The molecule has 8 nitrogen and oxygen atoms in total. The maximum absolute atomic E-state index is 11.6. The Hall–Kier alpha value is -0.290. The molecular weight excluding hydrogens is 316 g/mol. The van der Waals surface area contributed by atoms with Crippen molar-refractivity contribution >= 4 is 10.1 Å². The molecule has 3 rings (SSSR count). The SMILES string of the molecule is CC1(C)OCC(C2OC3OC(C)(C)OC3C2OS(C)(=O)=O)O1. The highest BCUT2D eigenvalue weighted by molar-refractivity contribution is 7.86. The van der Waals surface area contributed by atoms with Crippen LogP contribution in [-0.4, -0.2) is 63.6 Å². The fourth-order valence-corrected chi connectivity index (χ4v) is 3.61. The van der Waals surface area contributed by atoms with Crippen molar-refractivity contribution in [2.45, 2.75) is 70.0 Å². The van der Waals surface area contributed by atoms with Crippen LogP contribution in [0.4, 0.5) is 0 Å². The van der Waals surface area contributed by atoms with Crippen molar-refractivity contribution in [2.24, 2.45) is 0 Å². The molecule has 9 heteroatoms. The van der Waals surface area contributed by atoms with E-state index in [2.05, 4.69) is 0 Å². The molecular formula is C13H22O8S. The molecule has 3 saturated heterocycles. The minimum Gasteiger partial charge on any atom is -0.348 e. The third-order valence-corrected chi connectivity index (χ3v) is 4.28. The van der Waals surface area contributed by atoms with Gasteiger partial charge in [-0.25, -0.2) is 0 Å². The second kappa shape index (κ2) is 5.10. The predicted octanol–water partition coefficient (Wildman–Crippen LogP) is 0.359. The van der Waals surface area contributed by atoms with E-state index in [0.717, 1.165) is 6.26 Å². The summed E-state index contributed by atoms with van der Waals surface area (Å²) >= 11 is 0. The first-order valence-corrected chi connectivity index (χ1v) is 8.99. The van der Waals surface area contributed by atoms with E-state index in [1.54, 1.807) is 27.7 Å². The average molecular weight is 338 g/mol. The van der Waals surface area contributed by atoms with Crippen LogP contribution in [0.25, 0.3) is 0 Å². The molecule has 0 amide bonds. The minimum atomic E-state index is -3.69. The van der Waals surface area contributed by atoms with Crippen LogP contribution >= 0.6 is 0 Å². The maximum Gasteiger partial charge on any atom is 0.264 e. The zero-order chi connectivity index (χ0) is 16.3. The molecule has 5 atom stereocenters. The van der Waals surface area contributed by atoms with Crippen LogP contribution in [0.2, 0.25) is 0 Å². The van der Waals surface area contributed by atoms with Crippen molar-refractivity contribution in [3.63, 3.8) is 0 Å². The van der Waals surface area contributed by atoms with Crippen LogP contribution in [-0.2, 0) is 38.0 Å². The van der Waals surface area contributed by atoms with E-state index in [4.69, 9.17) is 27.9 Å². The highest BCUT2D eigenvalue weighted by atomic mass is 32.2. The normalized spacial score (nSPS) is 43.4. The van der Waals surface area contributed by atoms with Crippen LogP contribution < -0.4 is 0 Å². The van der Waals surface area contributed by atoms with Gasteiger partial charge in [0, 0.05) is 0 Å².